The first-order valence-electron chi connectivity index (χ1n) is 44.8. The number of carbonyl (C=O) groups is 17. The second-order valence-corrected chi connectivity index (χ2v) is 35.0. The number of phenols is 1. The van der Waals surface area contributed by atoms with Crippen molar-refractivity contribution in [3.8, 4) is 5.75 Å². The summed E-state index contributed by atoms with van der Waals surface area (Å²) in [6.07, 6.45) is 0.498. The molecule has 25 N–H and O–H groups in total. The summed E-state index contributed by atoms with van der Waals surface area (Å²) in [4.78, 5) is 265. The number of amides is 16. The molecule has 0 saturated carbocycles. The van der Waals surface area contributed by atoms with E-state index in [9.17, 15) is 68.4 Å². The van der Waals surface area contributed by atoms with Crippen LogP contribution in [0.15, 0.2) is 97.7 Å². The number of thioether (sulfide) groups is 1. The van der Waals surface area contributed by atoms with Crippen LogP contribution in [0.3, 0.4) is 0 Å². The zero-order valence-corrected chi connectivity index (χ0v) is 76.6. The molecule has 0 radical (unpaired) electrons. The quantitative estimate of drug-likeness (QED) is 0.0247. The maximum Gasteiger partial charge on any atom is 0.305 e. The van der Waals surface area contributed by atoms with Gasteiger partial charge in [0.2, 0.25) is 94.5 Å². The Morgan fingerprint density at radius 3 is 1.66 bits per heavy atom. The number of carboxylic acids is 1. The second-order valence-electron chi connectivity index (χ2n) is 34.0. The molecule has 44 nitrogen and oxygen atoms in total. The van der Waals surface area contributed by atoms with Crippen molar-refractivity contribution in [1.29, 1.82) is 0 Å². The number of hydrogen-bond donors (Lipinski definition) is 21. The lowest BCUT2D eigenvalue weighted by atomic mass is 9.99. The van der Waals surface area contributed by atoms with E-state index in [4.69, 9.17) is 22.9 Å². The van der Waals surface area contributed by atoms with Gasteiger partial charge < -0.3 is 131 Å². The molecule has 16 unspecified atom stereocenters. The van der Waals surface area contributed by atoms with Gasteiger partial charge in [-0.15, -0.1) is 11.8 Å². The minimum Gasteiger partial charge on any atom is -0.508 e. The number of benzene rings is 3. The topological polar surface area (TPSA) is 672 Å². The van der Waals surface area contributed by atoms with Crippen molar-refractivity contribution in [3.05, 3.63) is 120 Å². The number of likely N-dealkylation sites (N-methyl/N-ethyl adjacent to an activating group) is 3. The molecular weight excluding hydrogens is 1760 g/mol. The van der Waals surface area contributed by atoms with Gasteiger partial charge in [-0.1, -0.05) is 88.1 Å². The van der Waals surface area contributed by atoms with E-state index in [1.54, 1.807) is 60.9 Å². The van der Waals surface area contributed by atoms with Crippen LogP contribution in [-0.2, 0) is 107 Å². The number of aliphatic hydroxyl groups is 2. The number of para-hydroxylation sites is 2. The summed E-state index contributed by atoms with van der Waals surface area (Å²) in [7, 11) is 4.06. The minimum absolute atomic E-state index is 0.0606. The number of carboxylic acid groups (broad SMARTS) is 1. The van der Waals surface area contributed by atoms with Gasteiger partial charge in [0.15, 0.2) is 0 Å². The first-order chi connectivity index (χ1) is 63.9. The van der Waals surface area contributed by atoms with Crippen LogP contribution in [0, 0.1) is 0 Å². The number of aliphatic carboxylic acids is 1. The number of nitrogens with one attached hydrogen (secondary N) is 13. The lowest BCUT2D eigenvalue weighted by Gasteiger charge is -2.41. The molecule has 16 atom stereocenters. The molecule has 3 saturated heterocycles. The summed E-state index contributed by atoms with van der Waals surface area (Å²) >= 11 is 0.765. The number of nitrogens with two attached hydrogens (primary N) is 4. The van der Waals surface area contributed by atoms with Crippen molar-refractivity contribution in [3.63, 3.8) is 0 Å². The number of H-pyrrole nitrogens is 3. The number of aromatic hydroxyl groups is 1. The highest BCUT2D eigenvalue weighted by molar-refractivity contribution is 8.00. The number of nitrogens with zero attached hydrogens (tertiary/aromatic N) is 6. The number of phenolic OH excluding ortho intramolecular Hbond substituents is 1. The second kappa shape index (κ2) is 50.1. The number of aliphatic hydroxyl groups excluding tert-OH is 2. The van der Waals surface area contributed by atoms with E-state index in [-0.39, 0.29) is 95.3 Å². The van der Waals surface area contributed by atoms with Crippen molar-refractivity contribution >= 4 is 134 Å². The van der Waals surface area contributed by atoms with E-state index < -0.39 is 248 Å². The fourth-order valence-electron chi connectivity index (χ4n) is 16.7. The smallest absolute Gasteiger partial charge is 0.305 e. The van der Waals surface area contributed by atoms with Crippen LogP contribution in [0.25, 0.3) is 21.8 Å². The van der Waals surface area contributed by atoms with Crippen molar-refractivity contribution in [2.75, 3.05) is 65.4 Å². The minimum atomic E-state index is -1.93. The van der Waals surface area contributed by atoms with E-state index >= 15 is 33.6 Å². The maximum atomic E-state index is 15.8. The molecule has 9 rings (SSSR count). The predicted molar refractivity (Wildman–Crippen MR) is 489 cm³/mol. The summed E-state index contributed by atoms with van der Waals surface area (Å²) in [5.74, 6) is -18.1. The Morgan fingerprint density at radius 1 is 0.545 bits per heavy atom. The van der Waals surface area contributed by atoms with Crippen LogP contribution >= 0.6 is 11.8 Å². The van der Waals surface area contributed by atoms with E-state index in [0.29, 0.717) is 64.2 Å². The fraction of sp³-hybridized carbons (Fsp3) is 0.528. The molecule has 16 amide bonds. The predicted octanol–water partition coefficient (Wildman–Crippen LogP) is -3.88. The highest BCUT2D eigenvalue weighted by Gasteiger charge is 2.47. The molecule has 3 aliphatic rings. The van der Waals surface area contributed by atoms with E-state index in [1.165, 1.54) is 74.7 Å². The zero-order valence-electron chi connectivity index (χ0n) is 75.8. The Kier molecular flexibility index (Phi) is 39.1. The lowest BCUT2D eigenvalue weighted by Crippen LogP contribution is -2.62. The number of fused-ring (bicyclic) bond motifs is 4. The number of rotatable bonds is 26. The molecule has 3 aliphatic heterocycles. The van der Waals surface area contributed by atoms with Gasteiger partial charge >= 0.3 is 5.97 Å². The van der Waals surface area contributed by atoms with Gasteiger partial charge in [0.05, 0.1) is 43.2 Å². The molecule has 3 aromatic carbocycles. The highest BCUT2D eigenvalue weighted by Crippen LogP contribution is 2.28. The van der Waals surface area contributed by atoms with Crippen molar-refractivity contribution in [2.45, 2.75) is 233 Å². The first-order valence-corrected chi connectivity index (χ1v) is 45.9. The molecule has 6 aromatic rings. The normalized spacial score (nSPS) is 25.5. The number of carbonyl (C=O) groups excluding carboxylic acids is 16. The maximum absolute atomic E-state index is 15.8. The van der Waals surface area contributed by atoms with Gasteiger partial charge in [-0.2, -0.15) is 0 Å². The van der Waals surface area contributed by atoms with Crippen molar-refractivity contribution < 1.29 is 102 Å². The van der Waals surface area contributed by atoms with Gasteiger partial charge in [-0.3, -0.25) is 86.4 Å². The van der Waals surface area contributed by atoms with Crippen molar-refractivity contribution in [2.24, 2.45) is 22.9 Å². The molecule has 6 heterocycles. The SMILES string of the molecule is CCCCC1C(O)N(C)C(CCCC)C(=O)NC(CCN)C(=O)NC(C(=O)NCC(N)=O)CSCC(=O)NC(Cc2ccc(O)cc2)C(=O)N(C)C(C)C(=O)NC(CC(=O)O)C(=O)N2CCCC2C(=O)NC(Cc2cnc[nH]2)C(=O)NC(CCC(N)=O)C(=O)N2CC(O)CC2C(=O)NC(Cc2c[nH]c3ccccc23)C(=O)NC(CCN)C(=O)NC(Cc2c[nH]c3ccccc23)C(=O)N1C. The number of primary amides is 2. The molecule has 3 fully saturated rings. The molecule has 0 aliphatic carbocycles. The standard InChI is InChI=1S/C89H125N23O21S/c1-7-9-20-68-82(126)101-60(30-32-91)79(123)107-67(77(121)97-43-73(93)116)45-134-46-74(117)99-64(34-49-23-25-53(113)26-24-49)85(129)108(4)48(3)76(120)105-66(39-75(118)119)88(132)111-33-15-22-69(111)83(127)104-63(37-52-42-94-47-98-52)81(125)102-61(27-28-72(92)115)87(131)112-44-54(114)38-71(112)84(128)103-62(35-50-40-95-57-18-13-11-16-55(50)57)80(124)100-59(29-31-90)78(122)106-65(36-51-41-96-58-19-14-12-17-56(51)58)86(130)110(6)70(21-10-8-2)89(133)109(68)5/h11-14,16-19,23-26,40-42,47-48,54,59-71,89,95-96,113-114,133H,7-10,15,20-22,27-39,43-46,90-91H2,1-6H3,(H2,92,115)(H2,93,116)(H,94,98)(H,97,121)(H,99,117)(H,100,124)(H,101,126)(H,102,125)(H,103,128)(H,104,127)(H,105,120)(H,106,122)(H,107,123)(H,118,119). The number of imidazole rings is 1. The Bertz CT molecular complexity index is 5130. The highest BCUT2D eigenvalue weighted by atomic mass is 32.2. The number of aromatic nitrogens is 4. The zero-order chi connectivity index (χ0) is 97.7. The van der Waals surface area contributed by atoms with Crippen molar-refractivity contribution in [1.82, 2.24) is 97.6 Å². The van der Waals surface area contributed by atoms with Crippen LogP contribution < -0.4 is 76.1 Å². The number of hydrogen-bond acceptors (Lipinski definition) is 25. The Labute approximate surface area is 777 Å². The lowest BCUT2D eigenvalue weighted by molar-refractivity contribution is -0.147. The average Bonchev–Trinajstić information content (AvgIpc) is 1.13. The Morgan fingerprint density at radius 2 is 1.07 bits per heavy atom. The fourth-order valence-corrected chi connectivity index (χ4v) is 17.5. The monoisotopic (exact) mass is 1880 g/mol. The third kappa shape index (κ3) is 28.7. The van der Waals surface area contributed by atoms with Crippen LogP contribution in [-0.4, -0.2) is 328 Å². The third-order valence-electron chi connectivity index (χ3n) is 24.2. The average molecular weight is 1890 g/mol. The molecule has 45 heteroatoms. The van der Waals surface area contributed by atoms with Crippen LogP contribution in [0.2, 0.25) is 0 Å². The number of aromatic amines is 3. The molecule has 728 valence electrons. The van der Waals surface area contributed by atoms with Gasteiger partial charge in [0.1, 0.15) is 84.5 Å². The van der Waals surface area contributed by atoms with E-state index in [0.717, 1.165) is 26.5 Å². The number of unbranched alkanes of at least 4 members (excludes halogenated alkanes) is 2. The molecule has 0 spiro atoms. The Hall–Kier alpha value is -13.1. The van der Waals surface area contributed by atoms with Gasteiger partial charge in [-0.05, 0) is 113 Å². The van der Waals surface area contributed by atoms with Gasteiger partial charge in [0.25, 0.3) is 0 Å². The summed E-state index contributed by atoms with van der Waals surface area (Å²) in [6, 6.07) is -2.11. The van der Waals surface area contributed by atoms with Gasteiger partial charge in [-0.25, -0.2) is 4.98 Å². The third-order valence-corrected chi connectivity index (χ3v) is 25.3. The van der Waals surface area contributed by atoms with E-state index in [1.807, 2.05) is 13.8 Å². The molecule has 0 bridgehead atoms. The van der Waals surface area contributed by atoms with Crippen LogP contribution in [0.5, 0.6) is 5.75 Å². The summed E-state index contributed by atoms with van der Waals surface area (Å²) in [5, 5.41) is 72.4. The summed E-state index contributed by atoms with van der Waals surface area (Å²) in [6.45, 7) is 3.05. The molecule has 134 heavy (non-hydrogen) atoms. The largest absolute Gasteiger partial charge is 0.508 e. The van der Waals surface area contributed by atoms with Gasteiger partial charge in [0, 0.05) is 118 Å². The first kappa shape index (κ1) is 105. The molecular formula is C89H125N23O21S. The summed E-state index contributed by atoms with van der Waals surface area (Å²) < 4.78 is 0. The Balaban J connectivity index is 1.10. The van der Waals surface area contributed by atoms with E-state index in [2.05, 4.69) is 73.1 Å². The van der Waals surface area contributed by atoms with Crippen LogP contribution in [0.4, 0.5) is 0 Å². The summed E-state index contributed by atoms with van der Waals surface area (Å²) in [5.41, 5.74) is 26.4. The van der Waals surface area contributed by atoms with Crippen LogP contribution in [0.1, 0.15) is 133 Å². The molecule has 3 aromatic heterocycles.